The van der Waals surface area contributed by atoms with Crippen molar-refractivity contribution in [2.24, 2.45) is 5.73 Å². The van der Waals surface area contributed by atoms with E-state index >= 15 is 0 Å². The van der Waals surface area contributed by atoms with Crippen molar-refractivity contribution in [3.8, 4) is 0 Å². The zero-order valence-corrected chi connectivity index (χ0v) is 8.59. The molecule has 1 aromatic carbocycles. The Hall–Kier alpha value is -1.03. The van der Waals surface area contributed by atoms with Crippen molar-refractivity contribution in [3.63, 3.8) is 0 Å². The van der Waals surface area contributed by atoms with Gasteiger partial charge in [-0.05, 0) is 47.9 Å². The van der Waals surface area contributed by atoms with Crippen LogP contribution in [-0.4, -0.2) is 6.04 Å². The molecule has 0 aromatic heterocycles. The molecule has 3 rings (SSSR count). The van der Waals surface area contributed by atoms with Gasteiger partial charge in [-0.3, -0.25) is 0 Å². The number of fused-ring (bicyclic) bond motifs is 5. The maximum atomic E-state index is 12.6. The molecule has 0 aliphatic heterocycles. The van der Waals surface area contributed by atoms with Gasteiger partial charge < -0.3 is 5.73 Å². The third-order valence-electron chi connectivity index (χ3n) is 3.93. The van der Waals surface area contributed by atoms with Crippen LogP contribution >= 0.6 is 0 Å². The molecule has 2 N–H and O–H groups in total. The smallest absolute Gasteiger partial charge is 0.327 e. The van der Waals surface area contributed by atoms with E-state index in [0.29, 0.717) is 0 Å². The van der Waals surface area contributed by atoms with Gasteiger partial charge in [0.15, 0.2) is 0 Å². The van der Waals surface area contributed by atoms with E-state index in [2.05, 4.69) is 0 Å². The number of alkyl halides is 3. The highest BCUT2D eigenvalue weighted by molar-refractivity contribution is 5.46. The zero-order chi connectivity index (χ0) is 11.5. The Morgan fingerprint density at radius 1 is 1.06 bits per heavy atom. The molecular weight excluding hydrogens is 215 g/mol. The highest BCUT2D eigenvalue weighted by atomic mass is 19.4. The molecule has 3 atom stereocenters. The van der Waals surface area contributed by atoms with E-state index in [1.165, 1.54) is 12.1 Å². The van der Waals surface area contributed by atoms with Crippen LogP contribution in [-0.2, 0) is 6.18 Å². The third kappa shape index (κ3) is 1.22. The number of hydrogen-bond acceptors (Lipinski definition) is 1. The number of halogens is 3. The second-order valence-corrected chi connectivity index (χ2v) is 4.71. The fourth-order valence-corrected chi connectivity index (χ4v) is 3.16. The summed E-state index contributed by atoms with van der Waals surface area (Å²) in [5.74, 6) is 0.421. The van der Waals surface area contributed by atoms with Crippen LogP contribution in [0.2, 0.25) is 0 Å². The molecule has 0 saturated heterocycles. The van der Waals surface area contributed by atoms with Crippen molar-refractivity contribution in [1.29, 1.82) is 0 Å². The van der Waals surface area contributed by atoms with Crippen molar-refractivity contribution >= 4 is 0 Å². The lowest BCUT2D eigenvalue weighted by Gasteiger charge is -2.16. The molecule has 2 unspecified atom stereocenters. The Kier molecular flexibility index (Phi) is 1.90. The fourth-order valence-electron chi connectivity index (χ4n) is 3.16. The van der Waals surface area contributed by atoms with E-state index in [0.717, 1.165) is 24.0 Å². The first-order valence-corrected chi connectivity index (χ1v) is 5.45. The molecule has 0 amide bonds. The highest BCUT2D eigenvalue weighted by Gasteiger charge is 2.44. The van der Waals surface area contributed by atoms with Gasteiger partial charge in [0.1, 0.15) is 0 Å². The summed E-state index contributed by atoms with van der Waals surface area (Å²) in [4.78, 5) is 0. The predicted octanol–water partition coefficient (Wildman–Crippen LogP) is 3.01. The lowest BCUT2D eigenvalue weighted by Crippen LogP contribution is -2.22. The first-order valence-electron chi connectivity index (χ1n) is 5.45. The quantitative estimate of drug-likeness (QED) is 0.724. The summed E-state index contributed by atoms with van der Waals surface area (Å²) in [7, 11) is 0. The van der Waals surface area contributed by atoms with Crippen LogP contribution in [0.4, 0.5) is 13.2 Å². The van der Waals surface area contributed by atoms with Gasteiger partial charge in [-0.1, -0.05) is 6.07 Å². The summed E-state index contributed by atoms with van der Waals surface area (Å²) in [5, 5.41) is 0. The lowest BCUT2D eigenvalue weighted by molar-refractivity contribution is -0.137. The third-order valence-corrected chi connectivity index (χ3v) is 3.93. The number of benzene rings is 1. The molecule has 0 spiro atoms. The Bertz CT molecular complexity index is 438. The SMILES string of the molecule is N[C@@H]1C2CCC1c1cc(C(F)(F)F)ccc12. The molecule has 2 bridgehead atoms. The summed E-state index contributed by atoms with van der Waals surface area (Å²) in [6, 6.07) is 4.10. The molecule has 4 heteroatoms. The Morgan fingerprint density at radius 3 is 2.31 bits per heavy atom. The Morgan fingerprint density at radius 2 is 1.69 bits per heavy atom. The maximum absolute atomic E-state index is 12.6. The minimum Gasteiger partial charge on any atom is -0.327 e. The van der Waals surface area contributed by atoms with Gasteiger partial charge in [0, 0.05) is 6.04 Å². The van der Waals surface area contributed by atoms with Crippen molar-refractivity contribution < 1.29 is 13.2 Å². The van der Waals surface area contributed by atoms with Crippen molar-refractivity contribution in [1.82, 2.24) is 0 Å². The lowest BCUT2D eigenvalue weighted by atomic mass is 9.90. The summed E-state index contributed by atoms with van der Waals surface area (Å²) >= 11 is 0. The van der Waals surface area contributed by atoms with Crippen LogP contribution in [0.1, 0.15) is 41.4 Å². The van der Waals surface area contributed by atoms with Crippen LogP contribution in [0, 0.1) is 0 Å². The second kappa shape index (κ2) is 3.00. The first kappa shape index (κ1) is 10.1. The normalized spacial score (nSPS) is 31.9. The largest absolute Gasteiger partial charge is 0.416 e. The van der Waals surface area contributed by atoms with Crippen LogP contribution < -0.4 is 5.73 Å². The molecule has 16 heavy (non-hydrogen) atoms. The predicted molar refractivity (Wildman–Crippen MR) is 54.1 cm³/mol. The van der Waals surface area contributed by atoms with Gasteiger partial charge in [0.2, 0.25) is 0 Å². The molecule has 2 aliphatic rings. The minimum absolute atomic E-state index is 0.0264. The molecule has 1 saturated carbocycles. The monoisotopic (exact) mass is 227 g/mol. The zero-order valence-electron chi connectivity index (χ0n) is 8.59. The number of rotatable bonds is 0. The van der Waals surface area contributed by atoms with E-state index in [1.54, 1.807) is 6.07 Å². The van der Waals surface area contributed by atoms with Crippen LogP contribution in [0.5, 0.6) is 0 Å². The summed E-state index contributed by atoms with van der Waals surface area (Å²) in [6.07, 6.45) is -2.30. The summed E-state index contributed by atoms with van der Waals surface area (Å²) in [6.45, 7) is 0. The van der Waals surface area contributed by atoms with Gasteiger partial charge in [0.25, 0.3) is 0 Å². The molecule has 1 nitrogen and oxygen atoms in total. The molecule has 0 heterocycles. The minimum atomic E-state index is -4.25. The van der Waals surface area contributed by atoms with Crippen LogP contribution in [0.25, 0.3) is 0 Å². The van der Waals surface area contributed by atoms with Gasteiger partial charge in [0.05, 0.1) is 5.56 Å². The van der Waals surface area contributed by atoms with Gasteiger partial charge >= 0.3 is 6.18 Å². The maximum Gasteiger partial charge on any atom is 0.416 e. The van der Waals surface area contributed by atoms with E-state index in [1.807, 2.05) is 0 Å². The molecule has 1 aromatic rings. The van der Waals surface area contributed by atoms with E-state index in [-0.39, 0.29) is 17.9 Å². The molecular formula is C12H12F3N. The highest BCUT2D eigenvalue weighted by Crippen LogP contribution is 2.52. The second-order valence-electron chi connectivity index (χ2n) is 4.71. The Labute approximate surface area is 91.4 Å². The fraction of sp³-hybridized carbons (Fsp3) is 0.500. The molecule has 1 fully saturated rings. The van der Waals surface area contributed by atoms with E-state index in [9.17, 15) is 13.2 Å². The van der Waals surface area contributed by atoms with Crippen molar-refractivity contribution in [2.75, 3.05) is 0 Å². The summed E-state index contributed by atoms with van der Waals surface area (Å²) in [5.41, 5.74) is 7.33. The average Bonchev–Trinajstić information content (AvgIpc) is 2.71. The van der Waals surface area contributed by atoms with E-state index < -0.39 is 11.7 Å². The Balaban J connectivity index is 2.09. The average molecular weight is 227 g/mol. The molecule has 86 valence electrons. The van der Waals surface area contributed by atoms with Gasteiger partial charge in [-0.2, -0.15) is 13.2 Å². The first-order chi connectivity index (χ1) is 7.48. The van der Waals surface area contributed by atoms with Gasteiger partial charge in [-0.15, -0.1) is 0 Å². The van der Waals surface area contributed by atoms with Crippen molar-refractivity contribution in [2.45, 2.75) is 36.9 Å². The number of hydrogen-bond donors (Lipinski definition) is 1. The summed E-state index contributed by atoms with van der Waals surface area (Å²) < 4.78 is 37.7. The standard InChI is InChI=1S/C12H12F3N/c13-12(14,15)6-1-2-7-8-3-4-9(11(8)16)10(7)5-6/h1-2,5,8-9,11H,3-4,16H2/t8?,9?,11-/m1/s1. The van der Waals surface area contributed by atoms with Crippen LogP contribution in [0.15, 0.2) is 18.2 Å². The molecule has 0 radical (unpaired) electrons. The van der Waals surface area contributed by atoms with Crippen LogP contribution in [0.3, 0.4) is 0 Å². The number of nitrogens with two attached hydrogens (primary N) is 1. The van der Waals surface area contributed by atoms with Crippen molar-refractivity contribution in [3.05, 3.63) is 34.9 Å². The van der Waals surface area contributed by atoms with E-state index in [4.69, 9.17) is 5.73 Å². The topological polar surface area (TPSA) is 26.0 Å². The molecule has 2 aliphatic carbocycles. The van der Waals surface area contributed by atoms with Gasteiger partial charge in [-0.25, -0.2) is 0 Å².